The fourth-order valence-corrected chi connectivity index (χ4v) is 4.65. The van der Waals surface area contributed by atoms with E-state index in [1.54, 1.807) is 48.5 Å². The van der Waals surface area contributed by atoms with Crippen molar-refractivity contribution in [2.24, 2.45) is 0 Å². The summed E-state index contributed by atoms with van der Waals surface area (Å²) in [7, 11) is 0. The van der Waals surface area contributed by atoms with Crippen molar-refractivity contribution < 1.29 is 23.5 Å². The van der Waals surface area contributed by atoms with Gasteiger partial charge in [-0.05, 0) is 54.1 Å². The molecule has 2 amide bonds. The summed E-state index contributed by atoms with van der Waals surface area (Å²) in [5, 5.41) is 9.97. The van der Waals surface area contributed by atoms with Gasteiger partial charge in [-0.15, -0.1) is 0 Å². The molecule has 0 aliphatic carbocycles. The molecule has 0 saturated carbocycles. The number of carbonyl (C=O) groups is 2. The molecule has 5 rings (SSSR count). The van der Waals surface area contributed by atoms with E-state index in [0.29, 0.717) is 64.2 Å². The first-order valence-electron chi connectivity index (χ1n) is 13.5. The largest absolute Gasteiger partial charge is 0.487 e. The van der Waals surface area contributed by atoms with Gasteiger partial charge in [-0.2, -0.15) is 0 Å². The van der Waals surface area contributed by atoms with Crippen molar-refractivity contribution in [3.63, 3.8) is 0 Å². The number of rotatable bonds is 11. The van der Waals surface area contributed by atoms with Crippen LogP contribution in [0.4, 0.5) is 21.6 Å². The summed E-state index contributed by atoms with van der Waals surface area (Å²) in [5.74, 6) is 0.310. The molecule has 0 bridgehead atoms. The highest BCUT2D eigenvalue weighted by atomic mass is 35.5. The maximum atomic E-state index is 13.4. The smallest absolute Gasteiger partial charge is 0.234 e. The van der Waals surface area contributed by atoms with Gasteiger partial charge in [-0.25, -0.2) is 14.4 Å². The van der Waals surface area contributed by atoms with E-state index in [1.165, 1.54) is 18.5 Å². The van der Waals surface area contributed by atoms with E-state index in [0.717, 1.165) is 13.1 Å². The number of fused-ring (bicyclic) bond motifs is 1. The van der Waals surface area contributed by atoms with Crippen LogP contribution in [0.5, 0.6) is 5.75 Å². The fraction of sp³-hybridized carbons (Fsp3) is 0.267. The Bertz CT molecular complexity index is 1570. The summed E-state index contributed by atoms with van der Waals surface area (Å²) >= 11 is 6.45. The van der Waals surface area contributed by atoms with Crippen LogP contribution < -0.4 is 20.7 Å². The van der Waals surface area contributed by atoms with E-state index in [9.17, 15) is 14.0 Å². The molecular formula is C30H30ClFN6O4. The number of hydrogen-bond donors (Lipinski definition) is 3. The molecule has 0 atom stereocenters. The first-order valence-corrected chi connectivity index (χ1v) is 13.9. The van der Waals surface area contributed by atoms with Crippen LogP contribution >= 0.6 is 11.6 Å². The molecule has 1 aliphatic rings. The summed E-state index contributed by atoms with van der Waals surface area (Å²) in [6.45, 7) is 3.40. The predicted octanol–water partition coefficient (Wildman–Crippen LogP) is 4.52. The van der Waals surface area contributed by atoms with Crippen molar-refractivity contribution in [2.45, 2.75) is 13.0 Å². The van der Waals surface area contributed by atoms with E-state index >= 15 is 0 Å². The van der Waals surface area contributed by atoms with Crippen molar-refractivity contribution in [3.05, 3.63) is 83.4 Å². The molecule has 4 aromatic rings. The SMILES string of the molecule is O=C(CN1CCOCC1)NCCC(=O)Nc1ccc2ncnc(Nc3ccc(OCc4cccc(F)c4)c(Cl)c3)c2c1. The predicted molar refractivity (Wildman–Crippen MR) is 159 cm³/mol. The van der Waals surface area contributed by atoms with Gasteiger partial charge in [-0.3, -0.25) is 14.5 Å². The molecule has 3 aromatic carbocycles. The van der Waals surface area contributed by atoms with Crippen LogP contribution in [-0.2, 0) is 20.9 Å². The number of anilines is 3. The highest BCUT2D eigenvalue weighted by Crippen LogP contribution is 2.31. The maximum Gasteiger partial charge on any atom is 0.234 e. The van der Waals surface area contributed by atoms with Crippen molar-refractivity contribution in [2.75, 3.05) is 50.0 Å². The standard InChI is InChI=1S/C30H30ClFN6O4/c31-25-16-23(5-7-27(25)42-18-20-2-1-3-21(32)14-20)37-30-24-15-22(4-6-26(24)34-19-35-30)36-28(39)8-9-33-29(40)17-38-10-12-41-13-11-38/h1-7,14-16,19H,8-13,17-18H2,(H,33,40)(H,36,39)(H,34,35,37). The number of morpholine rings is 1. The summed E-state index contributed by atoms with van der Waals surface area (Å²) in [6, 6.07) is 16.7. The number of amides is 2. The van der Waals surface area contributed by atoms with Crippen molar-refractivity contribution in [1.82, 2.24) is 20.2 Å². The molecule has 0 radical (unpaired) electrons. The third kappa shape index (κ3) is 8.12. The molecule has 10 nitrogen and oxygen atoms in total. The van der Waals surface area contributed by atoms with E-state index in [1.807, 2.05) is 4.90 Å². The van der Waals surface area contributed by atoms with E-state index in [4.69, 9.17) is 21.1 Å². The van der Waals surface area contributed by atoms with Gasteiger partial charge in [0.2, 0.25) is 11.8 Å². The number of hydrogen-bond acceptors (Lipinski definition) is 8. The van der Waals surface area contributed by atoms with Gasteiger partial charge in [0.15, 0.2) is 0 Å². The number of benzene rings is 3. The molecule has 0 spiro atoms. The van der Waals surface area contributed by atoms with Gasteiger partial charge in [0.05, 0.1) is 30.3 Å². The molecule has 1 aromatic heterocycles. The number of nitrogens with zero attached hydrogens (tertiary/aromatic N) is 3. The Morgan fingerprint density at radius 1 is 1.00 bits per heavy atom. The number of halogens is 2. The Labute approximate surface area is 247 Å². The topological polar surface area (TPSA) is 118 Å². The fourth-order valence-electron chi connectivity index (χ4n) is 4.41. The minimum atomic E-state index is -0.329. The summed E-state index contributed by atoms with van der Waals surface area (Å²) in [6.07, 6.45) is 1.58. The minimum absolute atomic E-state index is 0.116. The zero-order valence-electron chi connectivity index (χ0n) is 22.7. The van der Waals surface area contributed by atoms with Gasteiger partial charge in [0, 0.05) is 42.8 Å². The van der Waals surface area contributed by atoms with Crippen LogP contribution in [0.1, 0.15) is 12.0 Å². The Hall–Kier alpha value is -4.32. The Kier molecular flexibility index (Phi) is 9.75. The first kappa shape index (κ1) is 29.2. The number of aromatic nitrogens is 2. The third-order valence-corrected chi connectivity index (χ3v) is 6.84. The van der Waals surface area contributed by atoms with Crippen LogP contribution in [0, 0.1) is 5.82 Å². The molecule has 0 unspecified atom stereocenters. The average molecular weight is 593 g/mol. The molecule has 3 N–H and O–H groups in total. The molecule has 12 heteroatoms. The molecule has 1 fully saturated rings. The number of carbonyl (C=O) groups excluding carboxylic acids is 2. The van der Waals surface area contributed by atoms with Crippen molar-refractivity contribution in [3.8, 4) is 5.75 Å². The lowest BCUT2D eigenvalue weighted by Gasteiger charge is -2.25. The van der Waals surface area contributed by atoms with Crippen LogP contribution in [0.3, 0.4) is 0 Å². The molecule has 1 saturated heterocycles. The quantitative estimate of drug-likeness (QED) is 0.233. The van der Waals surface area contributed by atoms with Crippen LogP contribution in [0.15, 0.2) is 67.0 Å². The van der Waals surface area contributed by atoms with E-state index in [-0.39, 0.29) is 37.2 Å². The summed E-state index contributed by atoms with van der Waals surface area (Å²) in [4.78, 5) is 35.4. The lowest BCUT2D eigenvalue weighted by molar-refractivity contribution is -0.123. The monoisotopic (exact) mass is 592 g/mol. The molecule has 42 heavy (non-hydrogen) atoms. The van der Waals surface area contributed by atoms with Gasteiger partial charge >= 0.3 is 0 Å². The van der Waals surface area contributed by atoms with Gasteiger partial charge < -0.3 is 25.4 Å². The van der Waals surface area contributed by atoms with Gasteiger partial charge in [-0.1, -0.05) is 23.7 Å². The van der Waals surface area contributed by atoms with Crippen LogP contribution in [0.2, 0.25) is 5.02 Å². The van der Waals surface area contributed by atoms with Crippen molar-refractivity contribution >= 4 is 51.5 Å². The summed E-state index contributed by atoms with van der Waals surface area (Å²) in [5.41, 5.74) is 2.61. The Balaban J connectivity index is 1.17. The van der Waals surface area contributed by atoms with E-state index in [2.05, 4.69) is 25.9 Å². The third-order valence-electron chi connectivity index (χ3n) is 6.54. The lowest BCUT2D eigenvalue weighted by Crippen LogP contribution is -2.43. The normalized spacial score (nSPS) is 13.5. The molecule has 2 heterocycles. The molecule has 1 aliphatic heterocycles. The minimum Gasteiger partial charge on any atom is -0.487 e. The van der Waals surface area contributed by atoms with Crippen LogP contribution in [-0.4, -0.2) is 66.1 Å². The second kappa shape index (κ2) is 14.0. The van der Waals surface area contributed by atoms with Gasteiger partial charge in [0.25, 0.3) is 0 Å². The Morgan fingerprint density at radius 3 is 2.64 bits per heavy atom. The zero-order chi connectivity index (χ0) is 29.3. The van der Waals surface area contributed by atoms with Crippen LogP contribution in [0.25, 0.3) is 10.9 Å². The second-order valence-electron chi connectivity index (χ2n) is 9.68. The number of nitrogens with one attached hydrogen (secondary N) is 3. The van der Waals surface area contributed by atoms with Gasteiger partial charge in [0.1, 0.15) is 30.3 Å². The second-order valence-corrected chi connectivity index (χ2v) is 10.1. The average Bonchev–Trinajstić information content (AvgIpc) is 2.97. The zero-order valence-corrected chi connectivity index (χ0v) is 23.5. The van der Waals surface area contributed by atoms with Crippen molar-refractivity contribution in [1.29, 1.82) is 0 Å². The Morgan fingerprint density at radius 2 is 1.83 bits per heavy atom. The number of ether oxygens (including phenoxy) is 2. The van der Waals surface area contributed by atoms with E-state index < -0.39 is 0 Å². The first-order chi connectivity index (χ1) is 20.4. The highest BCUT2D eigenvalue weighted by Gasteiger charge is 2.14. The highest BCUT2D eigenvalue weighted by molar-refractivity contribution is 6.32. The molecule has 218 valence electrons. The molecular weight excluding hydrogens is 563 g/mol. The maximum absolute atomic E-state index is 13.4. The lowest BCUT2D eigenvalue weighted by atomic mass is 10.2. The summed E-state index contributed by atoms with van der Waals surface area (Å²) < 4.78 is 24.5.